The molecule has 1 aliphatic rings. The van der Waals surface area contributed by atoms with E-state index >= 15 is 0 Å². The molecule has 0 aromatic heterocycles. The van der Waals surface area contributed by atoms with Gasteiger partial charge in [-0.3, -0.25) is 9.59 Å². The van der Waals surface area contributed by atoms with Crippen molar-refractivity contribution in [2.24, 2.45) is 0 Å². The number of benzene rings is 2. The highest BCUT2D eigenvalue weighted by Gasteiger charge is 2.37. The van der Waals surface area contributed by atoms with Gasteiger partial charge in [-0.2, -0.15) is 0 Å². The van der Waals surface area contributed by atoms with Gasteiger partial charge in [-0.15, -0.1) is 0 Å². The predicted molar refractivity (Wildman–Crippen MR) is 108 cm³/mol. The Morgan fingerprint density at radius 1 is 0.963 bits per heavy atom. The molecule has 0 spiro atoms. The molecule has 144 valence electrons. The van der Waals surface area contributed by atoms with E-state index in [9.17, 15) is 14.0 Å². The molecule has 1 N–H and O–H groups in total. The van der Waals surface area contributed by atoms with Crippen molar-refractivity contribution >= 4 is 17.4 Å². The van der Waals surface area contributed by atoms with Crippen LogP contribution in [-0.2, 0) is 15.6 Å². The van der Waals surface area contributed by atoms with Crippen molar-refractivity contribution in [3.8, 4) is 0 Å². The highest BCUT2D eigenvalue weighted by atomic mass is 19.1. The minimum absolute atomic E-state index is 0. The lowest BCUT2D eigenvalue weighted by Crippen LogP contribution is -2.34. The molecule has 0 saturated carbocycles. The molecule has 1 aliphatic carbocycles. The maximum atomic E-state index is 14.0. The summed E-state index contributed by atoms with van der Waals surface area (Å²) in [6.45, 7) is 10.5. The standard InChI is InChI=1S/C23H26FNO2.H2/c1-14-6-9-19(18(24)12-14)25-21(27)20(26)15-7-8-16-17(13-15)23(4,5)11-10-22(16,2)3;/h6-9,12-13H,10-11H2,1-5H3,(H,25,27);1H. The van der Waals surface area contributed by atoms with Gasteiger partial charge in [0.2, 0.25) is 0 Å². The summed E-state index contributed by atoms with van der Waals surface area (Å²) in [5.74, 6) is -2.04. The second-order valence-electron chi connectivity index (χ2n) is 8.79. The molecule has 0 unspecified atom stereocenters. The molecule has 0 heterocycles. The van der Waals surface area contributed by atoms with Crippen LogP contribution in [0, 0.1) is 12.7 Å². The van der Waals surface area contributed by atoms with Crippen molar-refractivity contribution < 1.29 is 15.4 Å². The van der Waals surface area contributed by atoms with E-state index in [4.69, 9.17) is 0 Å². The number of hydrogen-bond acceptors (Lipinski definition) is 2. The quantitative estimate of drug-likeness (QED) is 0.569. The second-order valence-corrected chi connectivity index (χ2v) is 8.79. The van der Waals surface area contributed by atoms with E-state index in [0.717, 1.165) is 24.0 Å². The summed E-state index contributed by atoms with van der Waals surface area (Å²) >= 11 is 0. The summed E-state index contributed by atoms with van der Waals surface area (Å²) in [5, 5.41) is 2.39. The van der Waals surface area contributed by atoms with Crippen LogP contribution in [0.15, 0.2) is 36.4 Å². The van der Waals surface area contributed by atoms with E-state index in [1.165, 1.54) is 17.7 Å². The highest BCUT2D eigenvalue weighted by molar-refractivity contribution is 6.46. The lowest BCUT2D eigenvalue weighted by molar-refractivity contribution is -0.112. The Kier molecular flexibility index (Phi) is 4.71. The molecule has 2 aromatic carbocycles. The van der Waals surface area contributed by atoms with Gasteiger partial charge in [-0.25, -0.2) is 4.39 Å². The van der Waals surface area contributed by atoms with Crippen molar-refractivity contribution in [3.63, 3.8) is 0 Å². The van der Waals surface area contributed by atoms with Gasteiger partial charge in [0.15, 0.2) is 0 Å². The van der Waals surface area contributed by atoms with Gasteiger partial charge in [-0.1, -0.05) is 45.9 Å². The lowest BCUT2D eigenvalue weighted by atomic mass is 9.63. The van der Waals surface area contributed by atoms with Gasteiger partial charge in [0.05, 0.1) is 5.69 Å². The number of amides is 1. The summed E-state index contributed by atoms with van der Waals surface area (Å²) in [5.41, 5.74) is 3.42. The van der Waals surface area contributed by atoms with Crippen LogP contribution in [-0.4, -0.2) is 11.7 Å². The third kappa shape index (κ3) is 3.66. The van der Waals surface area contributed by atoms with Crippen LogP contribution < -0.4 is 5.32 Å². The van der Waals surface area contributed by atoms with Crippen molar-refractivity contribution in [2.75, 3.05) is 5.32 Å². The van der Waals surface area contributed by atoms with Gasteiger partial charge < -0.3 is 5.32 Å². The molecule has 2 aromatic rings. The van der Waals surface area contributed by atoms with E-state index in [1.54, 1.807) is 19.1 Å². The van der Waals surface area contributed by atoms with Gasteiger partial charge in [0.25, 0.3) is 11.7 Å². The molecule has 0 fully saturated rings. The average molecular weight is 369 g/mol. The van der Waals surface area contributed by atoms with Gasteiger partial charge in [0, 0.05) is 6.99 Å². The van der Waals surface area contributed by atoms with E-state index in [2.05, 4.69) is 33.0 Å². The maximum absolute atomic E-state index is 14.0. The lowest BCUT2D eigenvalue weighted by Gasteiger charge is -2.42. The SMILES string of the molecule is Cc1ccc(NC(=O)C(=O)c2ccc3c(c2)C(C)(C)CCC3(C)C)c(F)c1.[HH]. The largest absolute Gasteiger partial charge is 0.317 e. The van der Waals surface area contributed by atoms with E-state index in [1.807, 2.05) is 12.1 Å². The third-order valence-electron chi connectivity index (χ3n) is 5.69. The number of halogens is 1. The van der Waals surface area contributed by atoms with Crippen LogP contribution in [0.25, 0.3) is 0 Å². The first kappa shape index (κ1) is 19.3. The van der Waals surface area contributed by atoms with Crippen molar-refractivity contribution in [3.05, 3.63) is 64.5 Å². The maximum Gasteiger partial charge on any atom is 0.296 e. The fourth-order valence-corrected chi connectivity index (χ4v) is 3.76. The highest BCUT2D eigenvalue weighted by Crippen LogP contribution is 2.45. The number of carbonyl (C=O) groups is 2. The molecule has 4 heteroatoms. The van der Waals surface area contributed by atoms with Crippen LogP contribution in [0.4, 0.5) is 10.1 Å². The zero-order chi connectivity index (χ0) is 20.0. The van der Waals surface area contributed by atoms with Crippen LogP contribution in [0.2, 0.25) is 0 Å². The van der Waals surface area contributed by atoms with Crippen molar-refractivity contribution in [1.29, 1.82) is 0 Å². The van der Waals surface area contributed by atoms with Crippen LogP contribution in [0.3, 0.4) is 0 Å². The number of ketones is 1. The molecule has 0 aliphatic heterocycles. The Bertz CT molecular complexity index is 934. The number of fused-ring (bicyclic) bond motifs is 1. The normalized spacial score (nSPS) is 17.1. The van der Waals surface area contributed by atoms with E-state index in [0.29, 0.717) is 5.56 Å². The first-order valence-corrected chi connectivity index (χ1v) is 9.28. The number of aryl methyl sites for hydroxylation is 1. The first-order chi connectivity index (χ1) is 12.5. The van der Waals surface area contributed by atoms with E-state index < -0.39 is 17.5 Å². The molecular formula is C23H28FNO2. The number of anilines is 1. The zero-order valence-corrected chi connectivity index (χ0v) is 16.6. The molecular weight excluding hydrogens is 341 g/mol. The summed E-state index contributed by atoms with van der Waals surface area (Å²) in [6, 6.07) is 9.98. The molecule has 0 bridgehead atoms. The van der Waals surface area contributed by atoms with Crippen LogP contribution in [0.1, 0.15) is 69.0 Å². The Balaban J connectivity index is 0.00000280. The third-order valence-corrected chi connectivity index (χ3v) is 5.69. The average Bonchev–Trinajstić information content (AvgIpc) is 2.60. The minimum Gasteiger partial charge on any atom is -0.317 e. The molecule has 0 atom stereocenters. The van der Waals surface area contributed by atoms with Crippen molar-refractivity contribution in [1.82, 2.24) is 0 Å². The van der Waals surface area contributed by atoms with Gasteiger partial charge >= 0.3 is 0 Å². The Morgan fingerprint density at radius 2 is 1.59 bits per heavy atom. The smallest absolute Gasteiger partial charge is 0.296 e. The Morgan fingerprint density at radius 3 is 2.22 bits per heavy atom. The van der Waals surface area contributed by atoms with Crippen LogP contribution >= 0.6 is 0 Å². The predicted octanol–water partition coefficient (Wildman–Crippen LogP) is 5.55. The molecule has 0 radical (unpaired) electrons. The number of hydrogen-bond donors (Lipinski definition) is 1. The number of carbonyl (C=O) groups excluding carboxylic acids is 2. The number of Topliss-reactive ketones (excluding diaryl/α,β-unsaturated/α-hetero) is 1. The molecule has 3 nitrogen and oxygen atoms in total. The van der Waals surface area contributed by atoms with Crippen LogP contribution in [0.5, 0.6) is 0 Å². The van der Waals surface area contributed by atoms with E-state index in [-0.39, 0.29) is 17.9 Å². The molecule has 27 heavy (non-hydrogen) atoms. The molecule has 3 rings (SSSR count). The Hall–Kier alpha value is -2.49. The number of rotatable bonds is 3. The van der Waals surface area contributed by atoms with Gasteiger partial charge in [-0.05, 0) is 65.5 Å². The fraction of sp³-hybridized carbons (Fsp3) is 0.391. The zero-order valence-electron chi connectivity index (χ0n) is 16.6. The summed E-state index contributed by atoms with van der Waals surface area (Å²) in [6.07, 6.45) is 2.10. The second kappa shape index (κ2) is 6.59. The fourth-order valence-electron chi connectivity index (χ4n) is 3.76. The van der Waals surface area contributed by atoms with Crippen molar-refractivity contribution in [2.45, 2.75) is 58.3 Å². The monoisotopic (exact) mass is 369 g/mol. The number of nitrogens with one attached hydrogen (secondary N) is 1. The summed E-state index contributed by atoms with van der Waals surface area (Å²) in [7, 11) is 0. The summed E-state index contributed by atoms with van der Waals surface area (Å²) in [4.78, 5) is 25.0. The minimum atomic E-state index is -0.828. The van der Waals surface area contributed by atoms with Gasteiger partial charge in [0.1, 0.15) is 5.82 Å². The first-order valence-electron chi connectivity index (χ1n) is 9.28. The molecule has 0 saturated heterocycles. The topological polar surface area (TPSA) is 46.2 Å². The molecule has 1 amide bonds. The Labute approximate surface area is 161 Å². The summed E-state index contributed by atoms with van der Waals surface area (Å²) < 4.78 is 14.0.